The minimum atomic E-state index is -3.92. The van der Waals surface area contributed by atoms with E-state index in [4.69, 9.17) is 0 Å². The first-order chi connectivity index (χ1) is 13.6. The first-order valence-electron chi connectivity index (χ1n) is 10.4. The maximum atomic E-state index is 12.9. The van der Waals surface area contributed by atoms with Crippen LogP contribution in [0.25, 0.3) is 0 Å². The van der Waals surface area contributed by atoms with Crippen LogP contribution in [0.2, 0.25) is 0 Å². The van der Waals surface area contributed by atoms with Crippen LogP contribution in [0, 0.1) is 33.3 Å². The van der Waals surface area contributed by atoms with Gasteiger partial charge in [0, 0.05) is 18.2 Å². The van der Waals surface area contributed by atoms with Gasteiger partial charge in [0.25, 0.3) is 5.69 Å². The van der Waals surface area contributed by atoms with Crippen molar-refractivity contribution in [1.82, 2.24) is 5.32 Å². The Balaban J connectivity index is 1.47. The highest BCUT2D eigenvalue weighted by Crippen LogP contribution is 2.61. The first kappa shape index (κ1) is 20.3. The van der Waals surface area contributed by atoms with Crippen molar-refractivity contribution in [3.05, 3.63) is 34.4 Å². The van der Waals surface area contributed by atoms with Gasteiger partial charge in [0.15, 0.2) is 9.84 Å². The second-order valence-corrected chi connectivity index (χ2v) is 11.7. The number of nitrogens with one attached hydrogen (secondary N) is 1. The van der Waals surface area contributed by atoms with Crippen LogP contribution in [0.5, 0.6) is 0 Å². The van der Waals surface area contributed by atoms with Crippen molar-refractivity contribution in [3.8, 4) is 0 Å². The fourth-order valence-electron chi connectivity index (χ4n) is 6.29. The maximum absolute atomic E-state index is 12.9. The Bertz CT molecular complexity index is 890. The van der Waals surface area contributed by atoms with E-state index in [2.05, 4.69) is 5.32 Å². The van der Waals surface area contributed by atoms with Crippen LogP contribution in [0.1, 0.15) is 52.4 Å². The largest absolute Gasteiger partial charge is 0.352 e. The van der Waals surface area contributed by atoms with Crippen molar-refractivity contribution in [3.63, 3.8) is 0 Å². The van der Waals surface area contributed by atoms with Gasteiger partial charge in [0.2, 0.25) is 5.91 Å². The third-order valence-corrected chi connectivity index (χ3v) is 9.65. The Morgan fingerprint density at radius 2 is 1.55 bits per heavy atom. The Hall–Kier alpha value is -1.96. The molecule has 158 valence electrons. The average molecular weight is 421 g/mol. The molecule has 2 atom stereocenters. The van der Waals surface area contributed by atoms with E-state index in [0.29, 0.717) is 0 Å². The Labute approximate surface area is 171 Å². The molecule has 29 heavy (non-hydrogen) atoms. The van der Waals surface area contributed by atoms with Crippen LogP contribution in [0.4, 0.5) is 5.69 Å². The molecule has 0 saturated heterocycles. The molecule has 1 amide bonds. The van der Waals surface area contributed by atoms with Crippen LogP contribution in [-0.2, 0) is 14.6 Å². The third kappa shape index (κ3) is 3.56. The number of carbonyl (C=O) groups excluding carboxylic acids is 1. The third-order valence-electron chi connectivity index (χ3n) is 7.57. The fourth-order valence-corrected chi connectivity index (χ4v) is 7.57. The zero-order chi connectivity index (χ0) is 21.0. The lowest BCUT2D eigenvalue weighted by molar-refractivity contribution is -0.384. The minimum absolute atomic E-state index is 0.0575. The van der Waals surface area contributed by atoms with Gasteiger partial charge in [-0.3, -0.25) is 14.9 Å². The average Bonchev–Trinajstić information content (AvgIpc) is 2.66. The van der Waals surface area contributed by atoms with Gasteiger partial charge in [0.05, 0.1) is 9.82 Å². The fraction of sp³-hybridized carbons (Fsp3) is 0.667. The number of hydrogen-bond donors (Lipinski definition) is 1. The summed E-state index contributed by atoms with van der Waals surface area (Å²) in [4.78, 5) is 23.0. The summed E-state index contributed by atoms with van der Waals surface area (Å²) in [5.74, 6) is 1.76. The summed E-state index contributed by atoms with van der Waals surface area (Å²) < 4.78 is 25.7. The van der Waals surface area contributed by atoms with E-state index in [1.165, 1.54) is 38.3 Å². The maximum Gasteiger partial charge on any atom is 0.269 e. The summed E-state index contributed by atoms with van der Waals surface area (Å²) in [5.41, 5.74) is -0.0853. The van der Waals surface area contributed by atoms with Gasteiger partial charge in [0.1, 0.15) is 5.25 Å². The quantitative estimate of drug-likeness (QED) is 0.560. The predicted octanol–water partition coefficient (Wildman–Crippen LogP) is 3.48. The van der Waals surface area contributed by atoms with Gasteiger partial charge in [-0.05, 0) is 87.7 Å². The molecule has 4 fully saturated rings. The number of amides is 1. The second-order valence-electron chi connectivity index (χ2n) is 9.45. The highest BCUT2D eigenvalue weighted by molar-refractivity contribution is 7.92. The standard InChI is InChI=1S/C21H28N2O5S/c1-13(29(27,28)19-5-3-18(4-6-19)23(25)26)20(24)22-14(2)21-10-15-7-16(11-21)9-17(8-15)12-21/h3-6,13-17H,7-12H2,1-2H3,(H,22,24)/t13-,14+,15?,16?,17?,21?/m1/s1. The topological polar surface area (TPSA) is 106 Å². The number of hydrogen-bond acceptors (Lipinski definition) is 5. The van der Waals surface area contributed by atoms with E-state index >= 15 is 0 Å². The molecule has 4 aliphatic rings. The number of non-ortho nitro benzene ring substituents is 1. The van der Waals surface area contributed by atoms with E-state index in [1.807, 2.05) is 6.92 Å². The van der Waals surface area contributed by atoms with E-state index in [-0.39, 0.29) is 22.0 Å². The lowest BCUT2D eigenvalue weighted by Gasteiger charge is -2.59. The molecule has 0 radical (unpaired) electrons. The number of nitro groups is 1. The molecule has 1 aromatic rings. The van der Waals surface area contributed by atoms with Gasteiger partial charge in [-0.2, -0.15) is 0 Å². The summed E-state index contributed by atoms with van der Waals surface area (Å²) in [6.07, 6.45) is 7.32. The highest BCUT2D eigenvalue weighted by Gasteiger charge is 2.53. The van der Waals surface area contributed by atoms with Crippen molar-refractivity contribution in [2.45, 2.75) is 68.6 Å². The molecule has 4 aliphatic carbocycles. The number of nitrogens with zero attached hydrogens (tertiary/aromatic N) is 1. The minimum Gasteiger partial charge on any atom is -0.352 e. The molecule has 5 rings (SSSR count). The van der Waals surface area contributed by atoms with Crippen LogP contribution in [0.3, 0.4) is 0 Å². The summed E-state index contributed by atoms with van der Waals surface area (Å²) >= 11 is 0. The lowest BCUT2D eigenvalue weighted by Crippen LogP contribution is -2.57. The second kappa shape index (κ2) is 7.07. The van der Waals surface area contributed by atoms with Crippen molar-refractivity contribution in [2.24, 2.45) is 23.2 Å². The smallest absolute Gasteiger partial charge is 0.269 e. The molecular weight excluding hydrogens is 392 g/mol. The predicted molar refractivity (Wildman–Crippen MR) is 108 cm³/mol. The van der Waals surface area contributed by atoms with Gasteiger partial charge < -0.3 is 5.32 Å². The number of rotatable bonds is 6. The molecule has 4 bridgehead atoms. The Morgan fingerprint density at radius 3 is 2.00 bits per heavy atom. The molecular formula is C21H28N2O5S. The van der Waals surface area contributed by atoms with Crippen LogP contribution in [-0.4, -0.2) is 30.5 Å². The Morgan fingerprint density at radius 1 is 1.07 bits per heavy atom. The SMILES string of the molecule is C[C@H](NC(=O)[C@@H](C)S(=O)(=O)c1ccc([N+](=O)[O-])cc1)C12CC3CC(CC(C3)C1)C2. The van der Waals surface area contributed by atoms with E-state index in [0.717, 1.165) is 49.1 Å². The number of sulfone groups is 1. The monoisotopic (exact) mass is 420 g/mol. The summed E-state index contributed by atoms with van der Waals surface area (Å²) in [6, 6.07) is 4.63. The lowest BCUT2D eigenvalue weighted by atomic mass is 9.48. The zero-order valence-corrected chi connectivity index (χ0v) is 17.7. The van der Waals surface area contributed by atoms with Crippen molar-refractivity contribution in [2.75, 3.05) is 0 Å². The van der Waals surface area contributed by atoms with Crippen LogP contribution in [0.15, 0.2) is 29.2 Å². The van der Waals surface area contributed by atoms with Crippen molar-refractivity contribution < 1.29 is 18.1 Å². The first-order valence-corrected chi connectivity index (χ1v) is 11.9. The molecule has 0 spiro atoms. The molecule has 0 heterocycles. The summed E-state index contributed by atoms with van der Waals surface area (Å²) in [7, 11) is -3.92. The molecule has 0 aromatic heterocycles. The van der Waals surface area contributed by atoms with E-state index < -0.39 is 25.9 Å². The number of carbonyl (C=O) groups is 1. The molecule has 0 unspecified atom stereocenters. The highest BCUT2D eigenvalue weighted by atomic mass is 32.2. The van der Waals surface area contributed by atoms with Gasteiger partial charge in [-0.25, -0.2) is 8.42 Å². The van der Waals surface area contributed by atoms with Crippen LogP contribution >= 0.6 is 0 Å². The molecule has 1 aromatic carbocycles. The molecule has 7 nitrogen and oxygen atoms in total. The molecule has 0 aliphatic heterocycles. The summed E-state index contributed by atoms with van der Waals surface area (Å²) in [6.45, 7) is 3.41. The van der Waals surface area contributed by atoms with Gasteiger partial charge >= 0.3 is 0 Å². The zero-order valence-electron chi connectivity index (χ0n) is 16.8. The number of nitro benzene ring substituents is 1. The van der Waals surface area contributed by atoms with Crippen molar-refractivity contribution in [1.29, 1.82) is 0 Å². The number of benzene rings is 1. The summed E-state index contributed by atoms with van der Waals surface area (Å²) in [5, 5.41) is 12.5. The van der Waals surface area contributed by atoms with E-state index in [9.17, 15) is 23.3 Å². The molecule has 8 heteroatoms. The van der Waals surface area contributed by atoms with Gasteiger partial charge in [-0.15, -0.1) is 0 Å². The normalized spacial score (nSPS) is 32.6. The molecule has 4 saturated carbocycles. The van der Waals surface area contributed by atoms with E-state index in [1.54, 1.807) is 0 Å². The van der Waals surface area contributed by atoms with Gasteiger partial charge in [-0.1, -0.05) is 0 Å². The molecule has 1 N–H and O–H groups in total. The van der Waals surface area contributed by atoms with Crippen LogP contribution < -0.4 is 5.32 Å². The Kier molecular flexibility index (Phi) is 4.96. The van der Waals surface area contributed by atoms with Crippen molar-refractivity contribution >= 4 is 21.4 Å².